The minimum atomic E-state index is -0.587. The highest BCUT2D eigenvalue weighted by atomic mass is 32.1. The number of hydrogen-bond acceptors (Lipinski definition) is 3. The van der Waals surface area contributed by atoms with Crippen LogP contribution in [-0.4, -0.2) is 23.3 Å². The van der Waals surface area contributed by atoms with E-state index >= 15 is 0 Å². The van der Waals surface area contributed by atoms with Crippen LogP contribution in [0.5, 0.6) is 0 Å². The topological polar surface area (TPSA) is 98.2 Å². The van der Waals surface area contributed by atoms with Crippen molar-refractivity contribution in [2.24, 2.45) is 17.4 Å². The van der Waals surface area contributed by atoms with Crippen LogP contribution in [0.15, 0.2) is 0 Å². The summed E-state index contributed by atoms with van der Waals surface area (Å²) in [5.74, 6) is -1.43. The fourth-order valence-corrected chi connectivity index (χ4v) is 1.21. The van der Waals surface area contributed by atoms with E-state index in [1.165, 1.54) is 0 Å². The number of hydrogen-bond donors (Lipinski definition) is 3. The van der Waals surface area contributed by atoms with Crippen LogP contribution in [0, 0.1) is 5.92 Å². The van der Waals surface area contributed by atoms with Gasteiger partial charge in [-0.2, -0.15) is 0 Å². The molecule has 0 aromatic rings. The van der Waals surface area contributed by atoms with Crippen molar-refractivity contribution in [3.8, 4) is 0 Å². The second-order valence-corrected chi connectivity index (χ2v) is 3.40. The Labute approximate surface area is 88.2 Å². The molecule has 0 bridgehead atoms. The summed E-state index contributed by atoms with van der Waals surface area (Å²) in [5, 5.41) is 2.37. The Morgan fingerprint density at radius 3 is 2.36 bits per heavy atom. The van der Waals surface area contributed by atoms with Gasteiger partial charge in [-0.05, 0) is 6.42 Å². The lowest BCUT2D eigenvalue weighted by atomic mass is 10.0. The van der Waals surface area contributed by atoms with E-state index in [0.29, 0.717) is 6.42 Å². The van der Waals surface area contributed by atoms with E-state index in [-0.39, 0.29) is 17.4 Å². The molecule has 0 aromatic heterocycles. The Kier molecular flexibility index (Phi) is 5.78. The smallest absolute Gasteiger partial charge is 0.236 e. The van der Waals surface area contributed by atoms with Gasteiger partial charge in [-0.1, -0.05) is 25.6 Å². The van der Waals surface area contributed by atoms with Crippen LogP contribution < -0.4 is 16.8 Å². The summed E-state index contributed by atoms with van der Waals surface area (Å²) < 4.78 is 0. The first-order valence-electron chi connectivity index (χ1n) is 4.34. The van der Waals surface area contributed by atoms with Gasteiger partial charge >= 0.3 is 0 Å². The highest BCUT2D eigenvalue weighted by Crippen LogP contribution is 2.06. The van der Waals surface area contributed by atoms with Gasteiger partial charge in [0.2, 0.25) is 11.8 Å². The van der Waals surface area contributed by atoms with Gasteiger partial charge in [0.05, 0.1) is 17.5 Å². The molecule has 5 N–H and O–H groups in total. The minimum Gasteiger partial charge on any atom is -0.393 e. The molecule has 0 saturated heterocycles. The highest BCUT2D eigenvalue weighted by Gasteiger charge is 2.20. The molecule has 0 spiro atoms. The van der Waals surface area contributed by atoms with Crippen LogP contribution >= 0.6 is 12.2 Å². The average Bonchev–Trinajstić information content (AvgIpc) is 2.09. The van der Waals surface area contributed by atoms with Gasteiger partial charge in [0.15, 0.2) is 0 Å². The molecule has 0 rings (SSSR count). The summed E-state index contributed by atoms with van der Waals surface area (Å²) >= 11 is 4.74. The summed E-state index contributed by atoms with van der Waals surface area (Å²) in [4.78, 5) is 21.9. The van der Waals surface area contributed by atoms with Crippen LogP contribution in [0.1, 0.15) is 19.8 Å². The largest absolute Gasteiger partial charge is 0.393 e. The van der Waals surface area contributed by atoms with Crippen molar-refractivity contribution in [2.45, 2.75) is 19.8 Å². The standard InChI is InChI=1S/C8H15N3O2S/c1-2-3-5(7(10)14)8(13)11-4-6(9)12/h5H,2-4H2,1H3,(H2,9,12)(H2,10,14)(H,11,13). The van der Waals surface area contributed by atoms with Crippen molar-refractivity contribution in [3.05, 3.63) is 0 Å². The van der Waals surface area contributed by atoms with Crippen LogP contribution in [-0.2, 0) is 9.59 Å². The number of thiocarbonyl (C=S) groups is 1. The minimum absolute atomic E-state index is 0.147. The molecule has 0 aliphatic carbocycles. The molecule has 0 aliphatic rings. The lowest BCUT2D eigenvalue weighted by Crippen LogP contribution is -2.41. The summed E-state index contributed by atoms with van der Waals surface area (Å²) in [6, 6.07) is 0. The molecule has 0 heterocycles. The monoisotopic (exact) mass is 217 g/mol. The molecule has 2 amide bonds. The highest BCUT2D eigenvalue weighted by molar-refractivity contribution is 7.80. The molecule has 1 unspecified atom stereocenters. The van der Waals surface area contributed by atoms with E-state index in [1.54, 1.807) is 0 Å². The van der Waals surface area contributed by atoms with E-state index < -0.39 is 11.8 Å². The second-order valence-electron chi connectivity index (χ2n) is 2.93. The first-order chi connectivity index (χ1) is 6.49. The van der Waals surface area contributed by atoms with E-state index in [9.17, 15) is 9.59 Å². The van der Waals surface area contributed by atoms with Gasteiger partial charge in [0.1, 0.15) is 0 Å². The average molecular weight is 217 g/mol. The fraction of sp³-hybridized carbons (Fsp3) is 0.625. The fourth-order valence-electron chi connectivity index (χ4n) is 0.989. The maximum atomic E-state index is 11.4. The normalized spacial score (nSPS) is 11.8. The third-order valence-corrected chi connectivity index (χ3v) is 1.96. The van der Waals surface area contributed by atoms with Crippen LogP contribution in [0.3, 0.4) is 0 Å². The zero-order chi connectivity index (χ0) is 11.1. The maximum Gasteiger partial charge on any atom is 0.236 e. The molecular formula is C8H15N3O2S. The Bertz CT molecular complexity index is 243. The molecule has 1 atom stereocenters. The third kappa shape index (κ3) is 4.76. The molecule has 0 aliphatic heterocycles. The zero-order valence-corrected chi connectivity index (χ0v) is 8.89. The molecule has 0 radical (unpaired) electrons. The lowest BCUT2D eigenvalue weighted by molar-refractivity contribution is -0.126. The second kappa shape index (κ2) is 6.31. The van der Waals surface area contributed by atoms with Crippen molar-refractivity contribution in [1.82, 2.24) is 5.32 Å². The van der Waals surface area contributed by atoms with Gasteiger partial charge in [-0.3, -0.25) is 9.59 Å². The molecule has 0 saturated carbocycles. The van der Waals surface area contributed by atoms with Gasteiger partial charge in [0, 0.05) is 0 Å². The zero-order valence-electron chi connectivity index (χ0n) is 8.08. The van der Waals surface area contributed by atoms with Gasteiger partial charge < -0.3 is 16.8 Å². The number of amides is 2. The first-order valence-corrected chi connectivity index (χ1v) is 4.75. The van der Waals surface area contributed by atoms with Crippen molar-refractivity contribution < 1.29 is 9.59 Å². The van der Waals surface area contributed by atoms with Crippen LogP contribution in [0.25, 0.3) is 0 Å². The van der Waals surface area contributed by atoms with Gasteiger partial charge in [-0.25, -0.2) is 0 Å². The van der Waals surface area contributed by atoms with Crippen molar-refractivity contribution in [3.63, 3.8) is 0 Å². The van der Waals surface area contributed by atoms with E-state index in [4.69, 9.17) is 23.7 Å². The number of carbonyl (C=O) groups excluding carboxylic acids is 2. The van der Waals surface area contributed by atoms with Crippen LogP contribution in [0.4, 0.5) is 0 Å². The number of carbonyl (C=O) groups is 2. The predicted molar refractivity (Wildman–Crippen MR) is 57.4 cm³/mol. The van der Waals surface area contributed by atoms with E-state index in [0.717, 1.165) is 6.42 Å². The number of nitrogens with two attached hydrogens (primary N) is 2. The van der Waals surface area contributed by atoms with Crippen molar-refractivity contribution in [1.29, 1.82) is 0 Å². The Balaban J connectivity index is 4.15. The Morgan fingerprint density at radius 1 is 1.43 bits per heavy atom. The van der Waals surface area contributed by atoms with Crippen LogP contribution in [0.2, 0.25) is 0 Å². The summed E-state index contributed by atoms with van der Waals surface area (Å²) in [7, 11) is 0. The first kappa shape index (κ1) is 12.8. The molecule has 6 heteroatoms. The number of rotatable bonds is 6. The van der Waals surface area contributed by atoms with E-state index in [2.05, 4.69) is 5.32 Å². The third-order valence-electron chi connectivity index (χ3n) is 1.67. The summed E-state index contributed by atoms with van der Waals surface area (Å²) in [6.45, 7) is 1.74. The molecule has 0 aromatic carbocycles. The maximum absolute atomic E-state index is 11.4. The summed E-state index contributed by atoms with van der Waals surface area (Å²) in [6.07, 6.45) is 1.38. The van der Waals surface area contributed by atoms with Crippen molar-refractivity contribution >= 4 is 29.0 Å². The molecule has 0 fully saturated rings. The van der Waals surface area contributed by atoms with Gasteiger partial charge in [-0.15, -0.1) is 0 Å². The summed E-state index contributed by atoms with van der Waals surface area (Å²) in [5.41, 5.74) is 10.3. The molecule has 14 heavy (non-hydrogen) atoms. The number of nitrogens with one attached hydrogen (secondary N) is 1. The molecule has 80 valence electrons. The van der Waals surface area contributed by atoms with Crippen molar-refractivity contribution in [2.75, 3.05) is 6.54 Å². The SMILES string of the molecule is CCCC(C(=O)NCC(N)=O)C(N)=S. The molecular weight excluding hydrogens is 202 g/mol. The molecule has 5 nitrogen and oxygen atoms in total. The lowest BCUT2D eigenvalue weighted by Gasteiger charge is -2.13. The Morgan fingerprint density at radius 2 is 2.00 bits per heavy atom. The number of primary amides is 1. The van der Waals surface area contributed by atoms with Gasteiger partial charge in [0.25, 0.3) is 0 Å². The quantitative estimate of drug-likeness (QED) is 0.512. The predicted octanol–water partition coefficient (Wildman–Crippen LogP) is -0.710. The Hall–Kier alpha value is -1.17. The van der Waals surface area contributed by atoms with E-state index in [1.807, 2.05) is 6.92 Å².